The monoisotopic (exact) mass is 436 g/mol. The summed E-state index contributed by atoms with van der Waals surface area (Å²) in [5.41, 5.74) is 3.97. The van der Waals surface area contributed by atoms with Crippen LogP contribution in [-0.2, 0) is 24.1 Å². The number of nitrogens with zero attached hydrogens (tertiary/aromatic N) is 5. The number of aryl methyl sites for hydroxylation is 3. The maximum Gasteiger partial charge on any atom is 0.316 e. The Morgan fingerprint density at radius 1 is 1.22 bits per heavy atom. The highest BCUT2D eigenvalue weighted by Crippen LogP contribution is 2.23. The molecule has 0 aliphatic carbocycles. The fraction of sp³-hybridized carbons (Fsp3) is 0.435. The van der Waals surface area contributed by atoms with Crippen LogP contribution < -0.4 is 10.1 Å². The highest BCUT2D eigenvalue weighted by molar-refractivity contribution is 5.68. The van der Waals surface area contributed by atoms with Crippen LogP contribution in [0.1, 0.15) is 54.7 Å². The van der Waals surface area contributed by atoms with Gasteiger partial charge in [-0.1, -0.05) is 6.07 Å². The van der Waals surface area contributed by atoms with Crippen LogP contribution >= 0.6 is 0 Å². The van der Waals surface area contributed by atoms with Crippen molar-refractivity contribution >= 4 is 11.8 Å². The Bertz CT molecular complexity index is 1050. The molecular formula is C23H28N6O3. The summed E-state index contributed by atoms with van der Waals surface area (Å²) in [5, 5.41) is 17.4. The van der Waals surface area contributed by atoms with Crippen LogP contribution in [0.25, 0.3) is 0 Å². The molecule has 3 aromatic heterocycles. The highest BCUT2D eigenvalue weighted by atomic mass is 16.5. The number of nitrogens with one attached hydrogen (secondary N) is 1. The van der Waals surface area contributed by atoms with Gasteiger partial charge in [0.15, 0.2) is 0 Å². The summed E-state index contributed by atoms with van der Waals surface area (Å²) in [5.74, 6) is 0.111. The molecule has 1 aliphatic rings. The van der Waals surface area contributed by atoms with Gasteiger partial charge in [-0.15, -0.1) is 0 Å². The van der Waals surface area contributed by atoms with E-state index in [0.29, 0.717) is 12.2 Å². The predicted molar refractivity (Wildman–Crippen MR) is 119 cm³/mol. The Labute approximate surface area is 186 Å². The van der Waals surface area contributed by atoms with Crippen molar-refractivity contribution in [2.75, 3.05) is 18.5 Å². The van der Waals surface area contributed by atoms with Crippen molar-refractivity contribution in [1.82, 2.24) is 24.7 Å². The minimum atomic E-state index is -0.909. The standard InChI is InChI=1S/C23H28N6O3/c1-2-32-23-25-14-17(15-26-23)20(13-21(30)31)29-12-10-19(28-29)7-3-6-18-9-8-16-5-4-11-24-22(16)27-18/h8-10,12,14-15,20H,2-7,11,13H2,1H3,(H,24,27)(H,30,31)/t20-/m0/s1. The molecule has 0 aromatic carbocycles. The maximum atomic E-state index is 11.4. The summed E-state index contributed by atoms with van der Waals surface area (Å²) >= 11 is 0. The van der Waals surface area contributed by atoms with E-state index in [1.165, 1.54) is 5.56 Å². The molecule has 9 nitrogen and oxygen atoms in total. The first-order valence-corrected chi connectivity index (χ1v) is 11.1. The Morgan fingerprint density at radius 2 is 2.03 bits per heavy atom. The van der Waals surface area contributed by atoms with Crippen LogP contribution in [-0.4, -0.2) is 49.0 Å². The van der Waals surface area contributed by atoms with Crippen molar-refractivity contribution in [3.8, 4) is 6.01 Å². The molecule has 9 heteroatoms. The number of aromatic nitrogens is 5. The minimum Gasteiger partial charge on any atom is -0.481 e. The van der Waals surface area contributed by atoms with Gasteiger partial charge in [0, 0.05) is 36.4 Å². The molecule has 1 aliphatic heterocycles. The molecule has 0 saturated carbocycles. The first kappa shape index (κ1) is 21.7. The number of hydrogen-bond donors (Lipinski definition) is 2. The Hall–Kier alpha value is -3.49. The second-order valence-electron chi connectivity index (χ2n) is 7.83. The van der Waals surface area contributed by atoms with Crippen molar-refractivity contribution in [2.45, 2.75) is 51.5 Å². The van der Waals surface area contributed by atoms with E-state index in [2.05, 4.69) is 32.5 Å². The topological polar surface area (TPSA) is 115 Å². The summed E-state index contributed by atoms with van der Waals surface area (Å²) in [7, 11) is 0. The number of aliphatic carboxylic acids is 1. The van der Waals surface area contributed by atoms with E-state index in [4.69, 9.17) is 9.72 Å². The van der Waals surface area contributed by atoms with Gasteiger partial charge in [0.25, 0.3) is 0 Å². The van der Waals surface area contributed by atoms with Gasteiger partial charge in [-0.25, -0.2) is 15.0 Å². The molecule has 0 spiro atoms. The molecule has 2 N–H and O–H groups in total. The molecule has 4 rings (SSSR count). The zero-order chi connectivity index (χ0) is 22.3. The fourth-order valence-corrected chi connectivity index (χ4v) is 3.87. The molecule has 0 radical (unpaired) electrons. The zero-order valence-electron chi connectivity index (χ0n) is 18.2. The molecule has 0 bridgehead atoms. The van der Waals surface area contributed by atoms with Gasteiger partial charge in [-0.2, -0.15) is 5.10 Å². The molecule has 1 atom stereocenters. The Balaban J connectivity index is 1.39. The van der Waals surface area contributed by atoms with Crippen LogP contribution in [0.3, 0.4) is 0 Å². The van der Waals surface area contributed by atoms with Crippen molar-refractivity contribution in [3.63, 3.8) is 0 Å². The number of hydrogen-bond acceptors (Lipinski definition) is 7. The number of carboxylic acids is 1. The third kappa shape index (κ3) is 5.40. The van der Waals surface area contributed by atoms with Crippen LogP contribution in [0.4, 0.5) is 5.82 Å². The molecule has 0 unspecified atom stereocenters. The largest absolute Gasteiger partial charge is 0.481 e. The van der Waals surface area contributed by atoms with E-state index >= 15 is 0 Å². The lowest BCUT2D eigenvalue weighted by Crippen LogP contribution is -2.17. The first-order valence-electron chi connectivity index (χ1n) is 11.1. The SMILES string of the molecule is CCOc1ncc([C@H](CC(=O)O)n2ccc(CCCc3ccc4c(n3)NCCC4)n2)cn1. The van der Waals surface area contributed by atoms with E-state index in [1.807, 2.05) is 19.2 Å². The molecule has 168 valence electrons. The van der Waals surface area contributed by atoms with Gasteiger partial charge in [-0.3, -0.25) is 9.48 Å². The number of anilines is 1. The lowest BCUT2D eigenvalue weighted by atomic mass is 10.1. The average molecular weight is 437 g/mol. The Kier molecular flexibility index (Phi) is 6.94. The van der Waals surface area contributed by atoms with Gasteiger partial charge in [-0.05, 0) is 56.7 Å². The summed E-state index contributed by atoms with van der Waals surface area (Å²) in [6.45, 7) is 3.31. The van der Waals surface area contributed by atoms with Gasteiger partial charge in [0.1, 0.15) is 5.82 Å². The molecule has 32 heavy (non-hydrogen) atoms. The lowest BCUT2D eigenvalue weighted by Gasteiger charge is -2.17. The smallest absolute Gasteiger partial charge is 0.316 e. The molecule has 3 aromatic rings. The Morgan fingerprint density at radius 3 is 2.81 bits per heavy atom. The number of ether oxygens (including phenoxy) is 1. The van der Waals surface area contributed by atoms with E-state index in [-0.39, 0.29) is 12.4 Å². The molecule has 0 fully saturated rings. The predicted octanol–water partition coefficient (Wildman–Crippen LogP) is 3.06. The lowest BCUT2D eigenvalue weighted by molar-refractivity contribution is -0.137. The number of pyridine rings is 1. The summed E-state index contributed by atoms with van der Waals surface area (Å²) in [6, 6.07) is 6.02. The van der Waals surface area contributed by atoms with Crippen molar-refractivity contribution in [2.24, 2.45) is 0 Å². The number of fused-ring (bicyclic) bond motifs is 1. The summed E-state index contributed by atoms with van der Waals surface area (Å²) in [4.78, 5) is 24.5. The van der Waals surface area contributed by atoms with Crippen LogP contribution in [0.5, 0.6) is 6.01 Å². The van der Waals surface area contributed by atoms with Crippen LogP contribution in [0, 0.1) is 0 Å². The zero-order valence-corrected chi connectivity index (χ0v) is 18.2. The average Bonchev–Trinajstić information content (AvgIpc) is 3.27. The van der Waals surface area contributed by atoms with Crippen molar-refractivity contribution in [3.05, 3.63) is 59.3 Å². The second kappa shape index (κ2) is 10.2. The minimum absolute atomic E-state index is 0.107. The third-order valence-electron chi connectivity index (χ3n) is 5.47. The number of carboxylic acid groups (broad SMARTS) is 1. The second-order valence-corrected chi connectivity index (χ2v) is 7.83. The first-order chi connectivity index (χ1) is 15.6. The molecular weight excluding hydrogens is 408 g/mol. The van der Waals surface area contributed by atoms with Crippen LogP contribution in [0.15, 0.2) is 36.8 Å². The van der Waals surface area contributed by atoms with Gasteiger partial charge in [0.05, 0.1) is 24.8 Å². The van der Waals surface area contributed by atoms with Crippen molar-refractivity contribution in [1.29, 1.82) is 0 Å². The molecule has 4 heterocycles. The van der Waals surface area contributed by atoms with Crippen LogP contribution in [0.2, 0.25) is 0 Å². The highest BCUT2D eigenvalue weighted by Gasteiger charge is 2.20. The van der Waals surface area contributed by atoms with Gasteiger partial charge >= 0.3 is 12.0 Å². The summed E-state index contributed by atoms with van der Waals surface area (Å²) in [6.07, 6.45) is 9.73. The van der Waals surface area contributed by atoms with Crippen molar-refractivity contribution < 1.29 is 14.6 Å². The van der Waals surface area contributed by atoms with E-state index in [0.717, 1.165) is 55.9 Å². The maximum absolute atomic E-state index is 11.4. The molecule has 0 amide bonds. The van der Waals surface area contributed by atoms with Gasteiger partial charge in [0.2, 0.25) is 0 Å². The number of carbonyl (C=O) groups is 1. The van der Waals surface area contributed by atoms with Gasteiger partial charge < -0.3 is 15.2 Å². The summed E-state index contributed by atoms with van der Waals surface area (Å²) < 4.78 is 6.96. The normalized spacial score (nSPS) is 13.8. The molecule has 0 saturated heterocycles. The fourth-order valence-electron chi connectivity index (χ4n) is 3.87. The van der Waals surface area contributed by atoms with E-state index in [1.54, 1.807) is 17.1 Å². The third-order valence-corrected chi connectivity index (χ3v) is 5.47. The van der Waals surface area contributed by atoms with E-state index < -0.39 is 12.0 Å². The number of rotatable bonds is 10. The van der Waals surface area contributed by atoms with E-state index in [9.17, 15) is 9.90 Å². The quantitative estimate of drug-likeness (QED) is 0.498.